The van der Waals surface area contributed by atoms with E-state index < -0.39 is 57.2 Å². The molecule has 0 fully saturated rings. The van der Waals surface area contributed by atoms with Crippen molar-refractivity contribution in [2.75, 3.05) is 0 Å². The molecule has 1 aliphatic carbocycles. The Hall–Kier alpha value is -1.24. The van der Waals surface area contributed by atoms with Crippen LogP contribution in [0.3, 0.4) is 0 Å². The Balaban J connectivity index is 2.69. The number of alkyl halides is 9. The van der Waals surface area contributed by atoms with Crippen molar-refractivity contribution in [2.45, 2.75) is 63.0 Å². The van der Waals surface area contributed by atoms with E-state index >= 15 is 0 Å². The molecule has 1 rings (SSSR count). The van der Waals surface area contributed by atoms with Crippen LogP contribution in [0.15, 0.2) is 23.1 Å². The van der Waals surface area contributed by atoms with Gasteiger partial charge in [-0.25, -0.2) is 8.42 Å². The van der Waals surface area contributed by atoms with Crippen LogP contribution in [0, 0.1) is 5.41 Å². The first kappa shape index (κ1) is 24.8. The molecule has 28 heavy (non-hydrogen) atoms. The summed E-state index contributed by atoms with van der Waals surface area (Å²) in [4.78, 5) is -0.495. The lowest BCUT2D eigenvalue weighted by Crippen LogP contribution is -2.60. The van der Waals surface area contributed by atoms with E-state index in [1.807, 2.05) is 0 Å². The first-order valence-electron chi connectivity index (χ1n) is 7.82. The van der Waals surface area contributed by atoms with Gasteiger partial charge in [0.05, 0.1) is 4.91 Å². The van der Waals surface area contributed by atoms with Gasteiger partial charge in [-0.1, -0.05) is 25.5 Å². The van der Waals surface area contributed by atoms with Crippen LogP contribution in [0.4, 0.5) is 39.5 Å². The zero-order valence-electron chi connectivity index (χ0n) is 14.3. The summed E-state index contributed by atoms with van der Waals surface area (Å²) < 4.78 is 147. The lowest BCUT2D eigenvalue weighted by molar-refractivity contribution is -0.396. The molecule has 0 saturated heterocycles. The summed E-state index contributed by atoms with van der Waals surface area (Å²) in [5, 5.41) is 0. The maximum atomic E-state index is 13.4. The van der Waals surface area contributed by atoms with Gasteiger partial charge in [0.1, 0.15) is 10.1 Å². The topological polar surface area (TPSA) is 57.2 Å². The minimum atomic E-state index is -6.90. The fraction of sp³-hybridized carbons (Fsp3) is 0.733. The molecule has 0 aromatic carbocycles. The molecule has 0 bridgehead atoms. The van der Waals surface area contributed by atoms with Gasteiger partial charge in [0.25, 0.3) is 0 Å². The van der Waals surface area contributed by atoms with E-state index in [0.717, 1.165) is 12.2 Å². The fourth-order valence-electron chi connectivity index (χ4n) is 2.56. The Morgan fingerprint density at radius 3 is 1.93 bits per heavy atom. The predicted octanol–water partition coefficient (Wildman–Crippen LogP) is 5.41. The van der Waals surface area contributed by atoms with Gasteiger partial charge >= 0.3 is 23.9 Å². The van der Waals surface area contributed by atoms with Crippen LogP contribution in [0.2, 0.25) is 0 Å². The lowest BCUT2D eigenvalue weighted by Gasteiger charge is -2.34. The van der Waals surface area contributed by atoms with E-state index in [-0.39, 0.29) is 19.3 Å². The molecule has 0 spiro atoms. The molecule has 0 saturated carbocycles. The SMILES string of the molecule is CC1(CCCCC(F)(F)C(F)(F)C(F)(F)C(F)(F)F)C=CC(S(=O)(=O)[O-])=CC1. The van der Waals surface area contributed by atoms with Gasteiger partial charge in [0.15, 0.2) is 0 Å². The Kier molecular flexibility index (Phi) is 6.68. The third-order valence-corrected chi connectivity index (χ3v) is 5.29. The Bertz CT molecular complexity index is 738. The van der Waals surface area contributed by atoms with Crippen LogP contribution in [-0.4, -0.2) is 36.9 Å². The van der Waals surface area contributed by atoms with Crippen LogP contribution >= 0.6 is 0 Å². The van der Waals surface area contributed by atoms with Crippen LogP contribution < -0.4 is 0 Å². The van der Waals surface area contributed by atoms with Crippen molar-refractivity contribution < 1.29 is 52.5 Å². The van der Waals surface area contributed by atoms with Crippen LogP contribution in [-0.2, 0) is 10.1 Å². The number of hydrogen-bond donors (Lipinski definition) is 0. The summed E-state index contributed by atoms with van der Waals surface area (Å²) in [7, 11) is -4.68. The van der Waals surface area contributed by atoms with E-state index in [1.165, 1.54) is 6.08 Å². The van der Waals surface area contributed by atoms with Crippen molar-refractivity contribution in [3.05, 3.63) is 23.1 Å². The van der Waals surface area contributed by atoms with Gasteiger partial charge in [-0.2, -0.15) is 39.5 Å². The lowest BCUT2D eigenvalue weighted by atomic mass is 9.79. The highest BCUT2D eigenvalue weighted by Gasteiger charge is 2.81. The summed E-state index contributed by atoms with van der Waals surface area (Å²) in [6, 6.07) is 0. The highest BCUT2D eigenvalue weighted by molar-refractivity contribution is 7.89. The number of halogens is 9. The molecule has 0 aromatic rings. The number of allylic oxidation sites excluding steroid dienone is 3. The average Bonchev–Trinajstić information content (AvgIpc) is 2.49. The molecule has 1 unspecified atom stereocenters. The zero-order valence-corrected chi connectivity index (χ0v) is 15.1. The molecule has 0 heterocycles. The van der Waals surface area contributed by atoms with E-state index in [2.05, 4.69) is 0 Å². The normalized spacial score (nSPS) is 22.3. The third-order valence-electron chi connectivity index (χ3n) is 4.41. The second kappa shape index (κ2) is 7.54. The van der Waals surface area contributed by atoms with E-state index in [0.29, 0.717) is 0 Å². The largest absolute Gasteiger partial charge is 0.744 e. The highest BCUT2D eigenvalue weighted by Crippen LogP contribution is 2.54. The standard InChI is InChI=1S/C15H17F9O3S/c1-11(8-4-10(5-9-11)28(25,26)27)6-2-3-7-12(16,17)13(18,19)14(20,21)15(22,23)24/h4-5,8H,2-3,6-7,9H2,1H3,(H,25,26,27)/p-1. The van der Waals surface area contributed by atoms with E-state index in [1.54, 1.807) is 6.92 Å². The van der Waals surface area contributed by atoms with Crippen LogP contribution in [0.1, 0.15) is 39.0 Å². The van der Waals surface area contributed by atoms with Crippen molar-refractivity contribution in [3.63, 3.8) is 0 Å². The van der Waals surface area contributed by atoms with Crippen molar-refractivity contribution in [1.82, 2.24) is 0 Å². The van der Waals surface area contributed by atoms with Gasteiger partial charge in [-0.05, 0) is 30.8 Å². The molecule has 13 heteroatoms. The van der Waals surface area contributed by atoms with Crippen molar-refractivity contribution in [1.29, 1.82) is 0 Å². The molecule has 1 aliphatic rings. The number of hydrogen-bond acceptors (Lipinski definition) is 3. The fourth-order valence-corrected chi connectivity index (χ4v) is 3.09. The second-order valence-corrected chi connectivity index (χ2v) is 8.19. The third kappa shape index (κ3) is 5.02. The monoisotopic (exact) mass is 447 g/mol. The molecule has 1 atom stereocenters. The quantitative estimate of drug-likeness (QED) is 0.284. The highest BCUT2D eigenvalue weighted by atomic mass is 32.2. The number of unbranched alkanes of at least 4 members (excludes halogenated alkanes) is 1. The average molecular weight is 447 g/mol. The maximum Gasteiger partial charge on any atom is 0.460 e. The Morgan fingerprint density at radius 2 is 1.54 bits per heavy atom. The molecule has 0 aromatic heterocycles. The minimum absolute atomic E-state index is 0.0129. The van der Waals surface area contributed by atoms with Gasteiger partial charge < -0.3 is 4.55 Å². The molecular formula is C15H16F9O3S-. The predicted molar refractivity (Wildman–Crippen MR) is 79.0 cm³/mol. The van der Waals surface area contributed by atoms with Gasteiger partial charge in [-0.3, -0.25) is 0 Å². The van der Waals surface area contributed by atoms with E-state index in [4.69, 9.17) is 0 Å². The van der Waals surface area contributed by atoms with E-state index in [9.17, 15) is 52.5 Å². The summed E-state index contributed by atoms with van der Waals surface area (Å²) in [5.74, 6) is -19.1. The zero-order chi connectivity index (χ0) is 22.2. The van der Waals surface area contributed by atoms with Crippen molar-refractivity contribution in [3.8, 4) is 0 Å². The van der Waals surface area contributed by atoms with Gasteiger partial charge in [0.2, 0.25) is 0 Å². The summed E-state index contributed by atoms with van der Waals surface area (Å²) in [5.41, 5.74) is -0.818. The first-order chi connectivity index (χ1) is 12.3. The van der Waals surface area contributed by atoms with Crippen molar-refractivity contribution >= 4 is 10.1 Å². The van der Waals surface area contributed by atoms with Crippen LogP contribution in [0.25, 0.3) is 0 Å². The Labute approximate surface area is 155 Å². The summed E-state index contributed by atoms with van der Waals surface area (Å²) in [6.07, 6.45) is -6.33. The molecule has 3 nitrogen and oxygen atoms in total. The molecule has 0 aliphatic heterocycles. The molecule has 0 amide bonds. The van der Waals surface area contributed by atoms with Crippen molar-refractivity contribution in [2.24, 2.45) is 5.41 Å². The second-order valence-electron chi connectivity index (χ2n) is 6.81. The maximum absolute atomic E-state index is 13.4. The molecule has 0 radical (unpaired) electrons. The van der Waals surface area contributed by atoms with Gasteiger partial charge in [-0.15, -0.1) is 0 Å². The molecule has 0 N–H and O–H groups in total. The first-order valence-corrected chi connectivity index (χ1v) is 9.23. The molecule has 164 valence electrons. The molecular weight excluding hydrogens is 431 g/mol. The minimum Gasteiger partial charge on any atom is -0.744 e. The van der Waals surface area contributed by atoms with Crippen LogP contribution in [0.5, 0.6) is 0 Å². The summed E-state index contributed by atoms with van der Waals surface area (Å²) in [6.45, 7) is 1.54. The summed E-state index contributed by atoms with van der Waals surface area (Å²) >= 11 is 0. The Morgan fingerprint density at radius 1 is 1.00 bits per heavy atom. The van der Waals surface area contributed by atoms with Gasteiger partial charge in [0, 0.05) is 6.42 Å². The smallest absolute Gasteiger partial charge is 0.460 e. The number of rotatable bonds is 8.